The van der Waals surface area contributed by atoms with Gasteiger partial charge in [0.25, 0.3) is 0 Å². The number of hydrogen-bond donors (Lipinski definition) is 1. The highest BCUT2D eigenvalue weighted by molar-refractivity contribution is 7.12. The lowest BCUT2D eigenvalue weighted by molar-refractivity contribution is 0.517. The Labute approximate surface area is 109 Å². The van der Waals surface area contributed by atoms with E-state index in [0.29, 0.717) is 6.04 Å². The predicted octanol–water partition coefficient (Wildman–Crippen LogP) is 3.69. The Morgan fingerprint density at radius 1 is 1.47 bits per heavy atom. The van der Waals surface area contributed by atoms with Crippen molar-refractivity contribution in [2.75, 3.05) is 0 Å². The Morgan fingerprint density at radius 2 is 2.24 bits per heavy atom. The third kappa shape index (κ3) is 2.91. The van der Waals surface area contributed by atoms with Crippen molar-refractivity contribution >= 4 is 11.3 Å². The molecule has 0 fully saturated rings. The molecule has 2 unspecified atom stereocenters. The Hall–Kier alpha value is -0.780. The zero-order chi connectivity index (χ0) is 12.3. The van der Waals surface area contributed by atoms with E-state index >= 15 is 0 Å². The second kappa shape index (κ2) is 5.71. The normalized spacial score (nSPS) is 18.2. The number of rotatable bonds is 4. The summed E-state index contributed by atoms with van der Waals surface area (Å²) in [5.74, 6) is 2.81. The minimum atomic E-state index is 0.198. The average Bonchev–Trinajstić information content (AvgIpc) is 2.79. The van der Waals surface area contributed by atoms with Crippen molar-refractivity contribution in [1.82, 2.24) is 5.32 Å². The molecule has 1 aliphatic rings. The molecule has 0 radical (unpaired) electrons. The molecule has 0 saturated heterocycles. The highest BCUT2D eigenvalue weighted by Crippen LogP contribution is 2.32. The van der Waals surface area contributed by atoms with Crippen LogP contribution in [0.2, 0.25) is 0 Å². The topological polar surface area (TPSA) is 12.0 Å². The Bertz CT molecular complexity index is 390. The molecule has 0 aliphatic heterocycles. The minimum absolute atomic E-state index is 0.198. The van der Waals surface area contributed by atoms with Gasteiger partial charge in [-0.2, -0.15) is 0 Å². The molecule has 0 bridgehead atoms. The fourth-order valence-corrected chi connectivity index (χ4v) is 3.66. The number of nitrogens with one attached hydrogen (secondary N) is 1. The molecule has 2 atom stereocenters. The van der Waals surface area contributed by atoms with Crippen LogP contribution in [0, 0.1) is 12.3 Å². The first-order valence-corrected chi connectivity index (χ1v) is 7.40. The summed E-state index contributed by atoms with van der Waals surface area (Å²) in [6.45, 7) is 4.35. The Kier molecular flexibility index (Phi) is 4.25. The van der Waals surface area contributed by atoms with Crippen LogP contribution in [0.15, 0.2) is 6.07 Å². The molecular weight excluding hydrogens is 226 g/mol. The highest BCUT2D eigenvalue weighted by Gasteiger charge is 2.17. The molecule has 0 saturated carbocycles. The van der Waals surface area contributed by atoms with Gasteiger partial charge in [-0.1, -0.05) is 12.8 Å². The molecule has 2 rings (SSSR count). The van der Waals surface area contributed by atoms with Gasteiger partial charge in [-0.05, 0) is 50.7 Å². The molecule has 1 aliphatic carbocycles. The highest BCUT2D eigenvalue weighted by atomic mass is 32.1. The lowest BCUT2D eigenvalue weighted by atomic mass is 9.99. The summed E-state index contributed by atoms with van der Waals surface area (Å²) in [4.78, 5) is 3.05. The summed E-state index contributed by atoms with van der Waals surface area (Å²) in [6.07, 6.45) is 11.7. The summed E-state index contributed by atoms with van der Waals surface area (Å²) in [7, 11) is 0. The van der Waals surface area contributed by atoms with Gasteiger partial charge in [-0.15, -0.1) is 17.8 Å². The van der Waals surface area contributed by atoms with Crippen molar-refractivity contribution in [1.29, 1.82) is 0 Å². The molecule has 0 amide bonds. The molecule has 1 nitrogen and oxygen atoms in total. The molecular formula is C15H21NS. The molecule has 1 aromatic rings. The number of fused-ring (bicyclic) bond motifs is 1. The van der Waals surface area contributed by atoms with Crippen LogP contribution in [-0.2, 0) is 12.8 Å². The van der Waals surface area contributed by atoms with Crippen molar-refractivity contribution in [3.8, 4) is 12.3 Å². The van der Waals surface area contributed by atoms with Crippen LogP contribution in [0.4, 0.5) is 0 Å². The SMILES string of the molecule is C#CC(CC)NC(C)c1cc2c(s1)CCCC2. The zero-order valence-electron chi connectivity index (χ0n) is 10.8. The first-order chi connectivity index (χ1) is 8.24. The van der Waals surface area contributed by atoms with E-state index in [-0.39, 0.29) is 6.04 Å². The van der Waals surface area contributed by atoms with Crippen LogP contribution < -0.4 is 5.32 Å². The monoisotopic (exact) mass is 247 g/mol. The van der Waals surface area contributed by atoms with E-state index < -0.39 is 0 Å². The van der Waals surface area contributed by atoms with Crippen LogP contribution in [0.5, 0.6) is 0 Å². The van der Waals surface area contributed by atoms with E-state index in [1.165, 1.54) is 30.6 Å². The van der Waals surface area contributed by atoms with Crippen molar-refractivity contribution in [2.45, 2.75) is 58.0 Å². The van der Waals surface area contributed by atoms with Crippen molar-refractivity contribution in [3.63, 3.8) is 0 Å². The quantitative estimate of drug-likeness (QED) is 0.800. The van der Waals surface area contributed by atoms with Crippen LogP contribution in [-0.4, -0.2) is 6.04 Å². The van der Waals surface area contributed by atoms with Gasteiger partial charge >= 0.3 is 0 Å². The summed E-state index contributed by atoms with van der Waals surface area (Å²) in [5, 5.41) is 3.52. The molecule has 17 heavy (non-hydrogen) atoms. The van der Waals surface area contributed by atoms with E-state index in [4.69, 9.17) is 6.42 Å². The van der Waals surface area contributed by atoms with Gasteiger partial charge in [0.2, 0.25) is 0 Å². The third-order valence-corrected chi connectivity index (χ3v) is 4.92. The van der Waals surface area contributed by atoms with E-state index in [9.17, 15) is 0 Å². The van der Waals surface area contributed by atoms with E-state index in [0.717, 1.165) is 6.42 Å². The lowest BCUT2D eigenvalue weighted by Gasteiger charge is -2.16. The zero-order valence-corrected chi connectivity index (χ0v) is 11.6. The van der Waals surface area contributed by atoms with Gasteiger partial charge in [0.05, 0.1) is 6.04 Å². The number of terminal acetylenes is 1. The maximum atomic E-state index is 5.50. The van der Waals surface area contributed by atoms with E-state index in [2.05, 4.69) is 31.2 Å². The van der Waals surface area contributed by atoms with E-state index in [1.807, 2.05) is 11.3 Å². The van der Waals surface area contributed by atoms with Gasteiger partial charge < -0.3 is 0 Å². The predicted molar refractivity (Wildman–Crippen MR) is 75.4 cm³/mol. The first-order valence-electron chi connectivity index (χ1n) is 6.58. The molecule has 92 valence electrons. The fraction of sp³-hybridized carbons (Fsp3) is 0.600. The fourth-order valence-electron chi connectivity index (χ4n) is 2.39. The van der Waals surface area contributed by atoms with Gasteiger partial charge in [0.15, 0.2) is 0 Å². The average molecular weight is 247 g/mol. The van der Waals surface area contributed by atoms with Crippen LogP contribution >= 0.6 is 11.3 Å². The summed E-state index contributed by atoms with van der Waals surface area (Å²) in [5.41, 5.74) is 1.58. The second-order valence-corrected chi connectivity index (χ2v) is 5.99. The molecule has 1 heterocycles. The summed E-state index contributed by atoms with van der Waals surface area (Å²) >= 11 is 1.98. The number of thiophene rings is 1. The number of aryl methyl sites for hydroxylation is 2. The van der Waals surface area contributed by atoms with Crippen LogP contribution in [0.3, 0.4) is 0 Å². The smallest absolute Gasteiger partial charge is 0.0689 e. The Morgan fingerprint density at radius 3 is 2.88 bits per heavy atom. The van der Waals surface area contributed by atoms with Crippen molar-refractivity contribution in [3.05, 3.63) is 21.4 Å². The van der Waals surface area contributed by atoms with Crippen LogP contribution in [0.25, 0.3) is 0 Å². The van der Waals surface area contributed by atoms with Gasteiger partial charge in [-0.3, -0.25) is 5.32 Å². The number of hydrogen-bond acceptors (Lipinski definition) is 2. The third-order valence-electron chi connectivity index (χ3n) is 3.50. The minimum Gasteiger partial charge on any atom is -0.296 e. The van der Waals surface area contributed by atoms with Crippen molar-refractivity contribution < 1.29 is 0 Å². The van der Waals surface area contributed by atoms with Gasteiger partial charge in [0, 0.05) is 15.8 Å². The molecule has 1 aromatic heterocycles. The van der Waals surface area contributed by atoms with Gasteiger partial charge in [0.1, 0.15) is 0 Å². The van der Waals surface area contributed by atoms with Crippen molar-refractivity contribution in [2.24, 2.45) is 0 Å². The first kappa shape index (κ1) is 12.7. The second-order valence-electron chi connectivity index (χ2n) is 4.82. The lowest BCUT2D eigenvalue weighted by Crippen LogP contribution is -2.29. The van der Waals surface area contributed by atoms with Crippen LogP contribution in [0.1, 0.15) is 54.5 Å². The van der Waals surface area contributed by atoms with E-state index in [1.54, 1.807) is 10.4 Å². The maximum absolute atomic E-state index is 5.50. The molecule has 1 N–H and O–H groups in total. The largest absolute Gasteiger partial charge is 0.296 e. The summed E-state index contributed by atoms with van der Waals surface area (Å²) < 4.78 is 0. The maximum Gasteiger partial charge on any atom is 0.0689 e. The Balaban J connectivity index is 2.06. The molecule has 0 spiro atoms. The summed E-state index contributed by atoms with van der Waals surface area (Å²) in [6, 6.07) is 2.97. The molecule has 2 heteroatoms. The standard InChI is InChI=1S/C15H21NS/c1-4-13(5-2)16-11(3)15-10-12-8-6-7-9-14(12)17-15/h1,10-11,13,16H,5-9H2,2-3H3. The molecule has 0 aromatic carbocycles. The van der Waals surface area contributed by atoms with Gasteiger partial charge in [-0.25, -0.2) is 0 Å².